The van der Waals surface area contributed by atoms with E-state index in [2.05, 4.69) is 50.0 Å². The second-order valence-electron chi connectivity index (χ2n) is 9.72. The van der Waals surface area contributed by atoms with Crippen molar-refractivity contribution in [2.24, 2.45) is 7.05 Å². The first-order valence-corrected chi connectivity index (χ1v) is 12.0. The summed E-state index contributed by atoms with van der Waals surface area (Å²) < 4.78 is 4.16. The molecule has 0 bridgehead atoms. The van der Waals surface area contributed by atoms with E-state index in [0.717, 1.165) is 41.7 Å². The predicted molar refractivity (Wildman–Crippen MR) is 131 cm³/mol. The van der Waals surface area contributed by atoms with Crippen LogP contribution in [0.25, 0.3) is 22.3 Å². The molecule has 1 aliphatic heterocycles. The van der Waals surface area contributed by atoms with E-state index in [0.29, 0.717) is 23.6 Å². The van der Waals surface area contributed by atoms with Gasteiger partial charge in [-0.3, -0.25) is 9.58 Å². The van der Waals surface area contributed by atoms with Gasteiger partial charge in [0.25, 0.3) is 0 Å². The number of aryl methyl sites for hydroxylation is 2. The molecule has 0 radical (unpaired) electrons. The molecule has 1 aromatic carbocycles. The Bertz CT molecular complexity index is 1310. The number of hydrogen-bond donors (Lipinski definition) is 1. The minimum Gasteiger partial charge on any atom is -0.383 e. The maximum Gasteiger partial charge on any atom is 0.146 e. The number of nitrogens with zero attached hydrogens (tertiary/aromatic N) is 6. The molecular formula is C26H31N7. The zero-order valence-corrected chi connectivity index (χ0v) is 19.4. The molecule has 1 aliphatic carbocycles. The summed E-state index contributed by atoms with van der Waals surface area (Å²) >= 11 is 0. The van der Waals surface area contributed by atoms with E-state index in [1.165, 1.54) is 37.1 Å². The molecule has 4 heterocycles. The Morgan fingerprint density at radius 2 is 2.00 bits per heavy atom. The number of rotatable bonds is 5. The van der Waals surface area contributed by atoms with E-state index >= 15 is 0 Å². The molecule has 2 atom stereocenters. The highest BCUT2D eigenvalue weighted by molar-refractivity contribution is 6.00. The smallest absolute Gasteiger partial charge is 0.146 e. The number of nitrogens with two attached hydrogens (primary N) is 1. The Kier molecular flexibility index (Phi) is 4.94. The fraction of sp³-hybridized carbons (Fsp3) is 0.423. The largest absolute Gasteiger partial charge is 0.383 e. The summed E-state index contributed by atoms with van der Waals surface area (Å²) in [4.78, 5) is 11.8. The second-order valence-corrected chi connectivity index (χ2v) is 9.72. The van der Waals surface area contributed by atoms with Gasteiger partial charge in [0, 0.05) is 37.6 Å². The van der Waals surface area contributed by atoms with Crippen molar-refractivity contribution in [2.75, 3.05) is 18.8 Å². The number of benzene rings is 1. The van der Waals surface area contributed by atoms with Gasteiger partial charge in [0.1, 0.15) is 17.3 Å². The van der Waals surface area contributed by atoms with Crippen LogP contribution in [0, 0.1) is 6.92 Å². The van der Waals surface area contributed by atoms with E-state index in [9.17, 15) is 0 Å². The Balaban J connectivity index is 1.32. The summed E-state index contributed by atoms with van der Waals surface area (Å²) in [6.07, 6.45) is 8.93. The molecule has 170 valence electrons. The van der Waals surface area contributed by atoms with Crippen LogP contribution in [-0.2, 0) is 13.6 Å². The van der Waals surface area contributed by atoms with E-state index in [4.69, 9.17) is 10.7 Å². The molecule has 4 aromatic rings. The molecule has 33 heavy (non-hydrogen) atoms. The average molecular weight is 442 g/mol. The molecule has 2 N–H and O–H groups in total. The maximum absolute atomic E-state index is 6.40. The van der Waals surface area contributed by atoms with Crippen LogP contribution in [0.3, 0.4) is 0 Å². The van der Waals surface area contributed by atoms with Crippen LogP contribution < -0.4 is 5.73 Å². The molecule has 0 spiro atoms. The number of anilines is 1. The van der Waals surface area contributed by atoms with Gasteiger partial charge < -0.3 is 10.3 Å². The monoisotopic (exact) mass is 441 g/mol. The summed E-state index contributed by atoms with van der Waals surface area (Å²) in [5.74, 6) is 1.81. The Hall–Kier alpha value is -3.19. The molecule has 7 heteroatoms. The first-order chi connectivity index (χ1) is 16.0. The first-order valence-electron chi connectivity index (χ1n) is 12.0. The Labute approximate surface area is 194 Å². The van der Waals surface area contributed by atoms with Crippen LogP contribution in [0.2, 0.25) is 0 Å². The lowest BCUT2D eigenvalue weighted by atomic mass is 9.95. The van der Waals surface area contributed by atoms with Gasteiger partial charge in [-0.05, 0) is 68.8 Å². The fourth-order valence-electron chi connectivity index (χ4n) is 5.58. The molecule has 0 amide bonds. The Morgan fingerprint density at radius 3 is 2.76 bits per heavy atom. The van der Waals surface area contributed by atoms with Crippen molar-refractivity contribution in [2.45, 2.75) is 51.1 Å². The van der Waals surface area contributed by atoms with E-state index in [1.54, 1.807) is 0 Å². The summed E-state index contributed by atoms with van der Waals surface area (Å²) in [6.45, 7) is 5.46. The minimum atomic E-state index is 0.391. The average Bonchev–Trinajstić information content (AvgIpc) is 3.49. The van der Waals surface area contributed by atoms with Crippen molar-refractivity contribution in [1.29, 1.82) is 0 Å². The molecule has 1 saturated heterocycles. The first kappa shape index (κ1) is 20.4. The van der Waals surface area contributed by atoms with E-state index in [1.807, 2.05) is 30.9 Å². The van der Waals surface area contributed by atoms with Gasteiger partial charge in [0.2, 0.25) is 0 Å². The van der Waals surface area contributed by atoms with Crippen LogP contribution in [0.5, 0.6) is 0 Å². The van der Waals surface area contributed by atoms with Crippen LogP contribution in [0.4, 0.5) is 5.82 Å². The highest BCUT2D eigenvalue weighted by atomic mass is 15.2. The number of hydrogen-bond acceptors (Lipinski definition) is 5. The zero-order chi connectivity index (χ0) is 22.5. The number of fused-ring (bicyclic) bond motifs is 1. The summed E-state index contributed by atoms with van der Waals surface area (Å²) in [7, 11) is 1.93. The lowest BCUT2D eigenvalue weighted by Gasteiger charge is -2.30. The molecule has 1 saturated carbocycles. The van der Waals surface area contributed by atoms with Gasteiger partial charge in [-0.2, -0.15) is 5.10 Å². The van der Waals surface area contributed by atoms with Gasteiger partial charge >= 0.3 is 0 Å². The minimum absolute atomic E-state index is 0.391. The lowest BCUT2D eigenvalue weighted by Crippen LogP contribution is -2.36. The topological polar surface area (TPSA) is 77.8 Å². The normalized spacial score (nSPS) is 21.0. The van der Waals surface area contributed by atoms with Crippen molar-refractivity contribution in [3.63, 3.8) is 0 Å². The van der Waals surface area contributed by atoms with Gasteiger partial charge in [-0.15, -0.1) is 0 Å². The number of nitrogen functional groups attached to an aromatic ring is 1. The van der Waals surface area contributed by atoms with Crippen molar-refractivity contribution in [3.05, 3.63) is 59.7 Å². The highest BCUT2D eigenvalue weighted by Crippen LogP contribution is 2.44. The molecule has 7 nitrogen and oxygen atoms in total. The van der Waals surface area contributed by atoms with Crippen molar-refractivity contribution < 1.29 is 0 Å². The Morgan fingerprint density at radius 1 is 1.12 bits per heavy atom. The van der Waals surface area contributed by atoms with Gasteiger partial charge in [-0.1, -0.05) is 24.3 Å². The van der Waals surface area contributed by atoms with Crippen LogP contribution in [0.1, 0.15) is 54.6 Å². The van der Waals surface area contributed by atoms with Crippen molar-refractivity contribution >= 4 is 16.9 Å². The summed E-state index contributed by atoms with van der Waals surface area (Å²) in [6, 6.07) is 11.7. The molecule has 2 fully saturated rings. The standard InChI is InChI=1S/C26H31N7/c1-17-28-25(27)24-22(23-9-12-31(2)30-23)16-33(26(24)29-17)21-8-7-20(14-21)19-6-3-5-18(13-19)15-32-10-4-11-32/h3,5-6,9,12-13,16,20-21H,4,7-8,10-11,14-15H2,1-2H3,(H2,27,28,29). The van der Waals surface area contributed by atoms with E-state index in [-0.39, 0.29) is 0 Å². The molecule has 3 aromatic heterocycles. The molecule has 2 unspecified atom stereocenters. The summed E-state index contributed by atoms with van der Waals surface area (Å²) in [5, 5.41) is 5.55. The third kappa shape index (κ3) is 3.70. The maximum atomic E-state index is 6.40. The van der Waals surface area contributed by atoms with Gasteiger partial charge in [0.05, 0.1) is 11.1 Å². The van der Waals surface area contributed by atoms with Gasteiger partial charge in [0.15, 0.2) is 0 Å². The third-order valence-corrected chi connectivity index (χ3v) is 7.38. The predicted octanol–water partition coefficient (Wildman–Crippen LogP) is 4.44. The van der Waals surface area contributed by atoms with Crippen LogP contribution >= 0.6 is 0 Å². The van der Waals surface area contributed by atoms with Crippen molar-refractivity contribution in [3.8, 4) is 11.3 Å². The van der Waals surface area contributed by atoms with Crippen molar-refractivity contribution in [1.82, 2.24) is 29.2 Å². The van der Waals surface area contributed by atoms with E-state index < -0.39 is 0 Å². The lowest BCUT2D eigenvalue weighted by molar-refractivity contribution is 0.172. The molecule has 2 aliphatic rings. The quantitative estimate of drug-likeness (QED) is 0.495. The van der Waals surface area contributed by atoms with Crippen LogP contribution in [0.15, 0.2) is 42.7 Å². The number of likely N-dealkylation sites (tertiary alicyclic amines) is 1. The fourth-order valence-corrected chi connectivity index (χ4v) is 5.58. The third-order valence-electron chi connectivity index (χ3n) is 7.38. The zero-order valence-electron chi connectivity index (χ0n) is 19.4. The van der Waals surface area contributed by atoms with Crippen LogP contribution in [-0.4, -0.2) is 42.3 Å². The number of aromatic nitrogens is 5. The van der Waals surface area contributed by atoms with Gasteiger partial charge in [-0.25, -0.2) is 9.97 Å². The second kappa shape index (κ2) is 7.99. The molecular weight excluding hydrogens is 410 g/mol. The SMILES string of the molecule is Cc1nc(N)c2c(-c3ccn(C)n3)cn(C3CCC(c4cccc(CN5CCC5)c4)C3)c2n1. The highest BCUT2D eigenvalue weighted by Gasteiger charge is 2.30. The summed E-state index contributed by atoms with van der Waals surface area (Å²) in [5.41, 5.74) is 12.2. The molecule has 6 rings (SSSR count).